The maximum Gasteiger partial charge on any atom is 0.486 e. The third kappa shape index (κ3) is 3.68. The molecule has 1 aromatic heterocycles. The Morgan fingerprint density at radius 3 is 2.44 bits per heavy atom. The molecule has 2 aliphatic heterocycles. The fourth-order valence-corrected chi connectivity index (χ4v) is 3.11. The van der Waals surface area contributed by atoms with Crippen LogP contribution in [0.5, 0.6) is 0 Å². The van der Waals surface area contributed by atoms with Crippen LogP contribution in [0.1, 0.15) is 33.9 Å². The van der Waals surface area contributed by atoms with Crippen molar-refractivity contribution in [1.82, 2.24) is 9.55 Å². The van der Waals surface area contributed by atoms with E-state index in [0.29, 0.717) is 0 Å². The first-order valence-corrected chi connectivity index (χ1v) is 8.77. The zero-order valence-corrected chi connectivity index (χ0v) is 16.0. The van der Waals surface area contributed by atoms with Crippen molar-refractivity contribution in [3.8, 4) is 0 Å². The number of hydrogen-bond acceptors (Lipinski definition) is 7. The summed E-state index contributed by atoms with van der Waals surface area (Å²) in [6.07, 6.45) is -0.486. The lowest BCUT2D eigenvalue weighted by molar-refractivity contribution is -0.0491. The molecule has 2 unspecified atom stereocenters. The highest BCUT2D eigenvalue weighted by molar-refractivity contribution is 6.51. The van der Waals surface area contributed by atoms with E-state index in [1.807, 2.05) is 27.7 Å². The fraction of sp³-hybridized carbons (Fsp3) is 0.647. The van der Waals surface area contributed by atoms with Crippen molar-refractivity contribution in [2.24, 2.45) is 0 Å². The van der Waals surface area contributed by atoms with E-state index >= 15 is 0 Å². The van der Waals surface area contributed by atoms with Crippen LogP contribution in [0.4, 0.5) is 0 Å². The van der Waals surface area contributed by atoms with Crippen molar-refractivity contribution in [3.05, 3.63) is 45.2 Å². The first kappa shape index (κ1) is 20.0. The van der Waals surface area contributed by atoms with E-state index < -0.39 is 54.1 Å². The molecule has 2 N–H and O–H groups in total. The summed E-state index contributed by atoms with van der Waals surface area (Å²) in [6.45, 7) is 7.78. The van der Waals surface area contributed by atoms with Crippen LogP contribution < -0.4 is 11.2 Å². The number of H-pyrrole nitrogens is 1. The van der Waals surface area contributed by atoms with Crippen molar-refractivity contribution in [1.29, 1.82) is 0 Å². The summed E-state index contributed by atoms with van der Waals surface area (Å²) in [7, 11) is 0.836. The Kier molecular flexibility index (Phi) is 5.21. The summed E-state index contributed by atoms with van der Waals surface area (Å²) < 4.78 is 24.1. The number of aromatic amines is 1. The standard InChI is InChI=1S/C17H25BN2O7/c1-16(2)17(3,4)27-18(26-16)8-6-10-12(22)13(24-5)14(25-10)20-9-7-11(21)19-15(20)23/h6-10,12-14,22H,1-5H3,(H,19,21,23)/b8-6+/t10-,12?,13?,14-/m1/s1. The van der Waals surface area contributed by atoms with E-state index in [1.54, 1.807) is 12.1 Å². The van der Waals surface area contributed by atoms with E-state index in [-0.39, 0.29) is 0 Å². The lowest BCUT2D eigenvalue weighted by Crippen LogP contribution is -2.41. The van der Waals surface area contributed by atoms with Gasteiger partial charge < -0.3 is 23.9 Å². The topological polar surface area (TPSA) is 112 Å². The molecule has 9 nitrogen and oxygen atoms in total. The van der Waals surface area contributed by atoms with Gasteiger partial charge in [-0.3, -0.25) is 14.3 Å². The SMILES string of the molecule is COC1C(O)[C@@H](/C=C/B2OC(C)(C)C(C)(C)O2)O[C@H]1n1ccc(=O)[nH]c1=O. The maximum absolute atomic E-state index is 12.0. The Balaban J connectivity index is 1.78. The minimum Gasteiger partial charge on any atom is -0.400 e. The van der Waals surface area contributed by atoms with Gasteiger partial charge in [-0.15, -0.1) is 0 Å². The number of ether oxygens (including phenoxy) is 2. The van der Waals surface area contributed by atoms with Crippen molar-refractivity contribution in [3.63, 3.8) is 0 Å². The van der Waals surface area contributed by atoms with E-state index in [1.165, 1.54) is 23.9 Å². The van der Waals surface area contributed by atoms with Gasteiger partial charge in [0.05, 0.1) is 11.2 Å². The van der Waals surface area contributed by atoms with Gasteiger partial charge in [0.15, 0.2) is 6.23 Å². The smallest absolute Gasteiger partial charge is 0.400 e. The quantitative estimate of drug-likeness (QED) is 0.707. The minimum absolute atomic E-state index is 0.474. The monoisotopic (exact) mass is 380 g/mol. The molecule has 148 valence electrons. The predicted molar refractivity (Wildman–Crippen MR) is 97.3 cm³/mol. The molecule has 0 spiro atoms. The third-order valence-corrected chi connectivity index (χ3v) is 5.38. The molecule has 1 aromatic rings. The maximum atomic E-state index is 12.0. The van der Waals surface area contributed by atoms with Gasteiger partial charge in [-0.2, -0.15) is 0 Å². The number of methoxy groups -OCH3 is 1. The van der Waals surface area contributed by atoms with Gasteiger partial charge in [-0.25, -0.2) is 4.79 Å². The van der Waals surface area contributed by atoms with Crippen molar-refractivity contribution in [2.45, 2.75) is 63.4 Å². The molecule has 0 saturated carbocycles. The molecule has 3 heterocycles. The molecule has 2 aliphatic rings. The normalized spacial score (nSPS) is 32.4. The average molecular weight is 380 g/mol. The van der Waals surface area contributed by atoms with Gasteiger partial charge >= 0.3 is 12.8 Å². The van der Waals surface area contributed by atoms with Crippen LogP contribution in [0.25, 0.3) is 0 Å². The van der Waals surface area contributed by atoms with Gasteiger partial charge in [-0.1, -0.05) is 12.1 Å². The molecular weight excluding hydrogens is 355 g/mol. The van der Waals surface area contributed by atoms with Crippen LogP contribution in [0.15, 0.2) is 33.9 Å². The second-order valence-electron chi connectivity index (χ2n) is 7.71. The molecule has 2 fully saturated rings. The molecule has 3 rings (SSSR count). The molecule has 0 aromatic carbocycles. The first-order chi connectivity index (χ1) is 12.6. The second kappa shape index (κ2) is 7.03. The number of nitrogens with zero attached hydrogens (tertiary/aromatic N) is 1. The Morgan fingerprint density at radius 2 is 1.89 bits per heavy atom. The van der Waals surface area contributed by atoms with E-state index in [4.69, 9.17) is 18.8 Å². The van der Waals surface area contributed by atoms with Crippen molar-refractivity contribution in [2.75, 3.05) is 7.11 Å². The van der Waals surface area contributed by atoms with Crippen LogP contribution in [0.2, 0.25) is 0 Å². The predicted octanol–water partition coefficient (Wildman–Crippen LogP) is -0.00250. The molecule has 0 amide bonds. The van der Waals surface area contributed by atoms with Gasteiger partial charge in [0.25, 0.3) is 5.56 Å². The summed E-state index contributed by atoms with van der Waals surface area (Å²) in [4.78, 5) is 25.5. The van der Waals surface area contributed by atoms with Crippen molar-refractivity contribution >= 4 is 7.12 Å². The number of hydrogen-bond donors (Lipinski definition) is 2. The number of aromatic nitrogens is 2. The summed E-state index contributed by atoms with van der Waals surface area (Å²) in [5.41, 5.74) is -2.10. The molecule has 0 aliphatic carbocycles. The molecule has 2 saturated heterocycles. The first-order valence-electron chi connectivity index (χ1n) is 8.77. The molecule has 27 heavy (non-hydrogen) atoms. The van der Waals surface area contributed by atoms with Gasteiger partial charge in [-0.05, 0) is 27.7 Å². The number of rotatable bonds is 4. The van der Waals surface area contributed by atoms with Crippen LogP contribution >= 0.6 is 0 Å². The summed E-state index contributed by atoms with van der Waals surface area (Å²) >= 11 is 0. The zero-order chi connectivity index (χ0) is 20.0. The largest absolute Gasteiger partial charge is 0.486 e. The van der Waals surface area contributed by atoms with E-state index in [2.05, 4.69) is 4.98 Å². The number of nitrogens with one attached hydrogen (secondary N) is 1. The molecule has 4 atom stereocenters. The summed E-state index contributed by atoms with van der Waals surface area (Å²) in [5, 5.41) is 10.5. The zero-order valence-electron chi connectivity index (χ0n) is 16.0. The van der Waals surface area contributed by atoms with Gasteiger partial charge in [0, 0.05) is 19.4 Å². The Morgan fingerprint density at radius 1 is 1.26 bits per heavy atom. The summed E-state index contributed by atoms with van der Waals surface area (Å²) in [6, 6.07) is 1.21. The lowest BCUT2D eigenvalue weighted by atomic mass is 9.89. The highest BCUT2D eigenvalue weighted by Crippen LogP contribution is 2.37. The van der Waals surface area contributed by atoms with Gasteiger partial charge in [0.1, 0.15) is 18.3 Å². The number of aliphatic hydroxyl groups excluding tert-OH is 1. The summed E-state index contributed by atoms with van der Waals surface area (Å²) in [5.74, 6) is 1.68. The highest BCUT2D eigenvalue weighted by atomic mass is 16.7. The highest BCUT2D eigenvalue weighted by Gasteiger charge is 2.50. The van der Waals surface area contributed by atoms with E-state index in [0.717, 1.165) is 0 Å². The Labute approximate surface area is 157 Å². The third-order valence-electron chi connectivity index (χ3n) is 5.38. The van der Waals surface area contributed by atoms with Crippen LogP contribution in [0, 0.1) is 0 Å². The average Bonchev–Trinajstić information content (AvgIpc) is 2.98. The fourth-order valence-electron chi connectivity index (χ4n) is 3.11. The number of aliphatic hydroxyl groups is 1. The van der Waals surface area contributed by atoms with Crippen LogP contribution in [-0.4, -0.2) is 58.4 Å². The molecule has 0 radical (unpaired) electrons. The van der Waals surface area contributed by atoms with Crippen LogP contribution in [0.3, 0.4) is 0 Å². The van der Waals surface area contributed by atoms with Gasteiger partial charge in [0.2, 0.25) is 0 Å². The Bertz CT molecular complexity index is 815. The molecule has 10 heteroatoms. The molecule has 0 bridgehead atoms. The van der Waals surface area contributed by atoms with Crippen LogP contribution in [-0.2, 0) is 18.8 Å². The Hall–Kier alpha value is -1.72. The van der Waals surface area contributed by atoms with Crippen molar-refractivity contribution < 1.29 is 23.9 Å². The lowest BCUT2D eigenvalue weighted by Gasteiger charge is -2.32. The minimum atomic E-state index is -1.02. The second-order valence-corrected chi connectivity index (χ2v) is 7.71. The van der Waals surface area contributed by atoms with E-state index in [9.17, 15) is 14.7 Å². The molecular formula is C17H25BN2O7.